The second kappa shape index (κ2) is 16.7. The summed E-state index contributed by atoms with van der Waals surface area (Å²) in [5, 5.41) is 0. The SMILES string of the molecule is O=C1CC(C2CC3C(=O)OC(=O)C3c3cc(OCCCCCCCCCCOc4ccc(/C=C/C(=O)c5ccc(F)cc5)cc4)ccc32)C(=O)O1. The van der Waals surface area contributed by atoms with Gasteiger partial charge in [-0.15, -0.1) is 0 Å². The van der Waals surface area contributed by atoms with Crippen LogP contribution in [0.5, 0.6) is 11.5 Å². The average molecular weight is 697 g/mol. The Hall–Kier alpha value is -5.12. The monoisotopic (exact) mass is 696 g/mol. The molecule has 6 rings (SSSR count). The molecule has 0 bridgehead atoms. The van der Waals surface area contributed by atoms with Gasteiger partial charge in [0, 0.05) is 5.56 Å². The van der Waals surface area contributed by atoms with Crippen LogP contribution in [0.15, 0.2) is 72.8 Å². The minimum Gasteiger partial charge on any atom is -0.494 e. The van der Waals surface area contributed by atoms with Crippen LogP contribution >= 0.6 is 0 Å². The minimum atomic E-state index is -0.734. The van der Waals surface area contributed by atoms with Gasteiger partial charge < -0.3 is 18.9 Å². The first-order chi connectivity index (χ1) is 24.8. The number of fused-ring (bicyclic) bond motifs is 3. The van der Waals surface area contributed by atoms with E-state index in [2.05, 4.69) is 0 Å². The highest BCUT2D eigenvalue weighted by molar-refractivity contribution is 6.06. The molecule has 2 heterocycles. The van der Waals surface area contributed by atoms with Gasteiger partial charge in [0.05, 0.1) is 37.4 Å². The number of unbranched alkanes of at least 4 members (excludes halogenated alkanes) is 7. The highest BCUT2D eigenvalue weighted by Gasteiger charge is 2.53. The van der Waals surface area contributed by atoms with Gasteiger partial charge in [0.1, 0.15) is 17.3 Å². The summed E-state index contributed by atoms with van der Waals surface area (Å²) >= 11 is 0. The molecule has 51 heavy (non-hydrogen) atoms. The molecule has 3 aliphatic rings. The van der Waals surface area contributed by atoms with Crippen molar-refractivity contribution in [2.24, 2.45) is 11.8 Å². The van der Waals surface area contributed by atoms with Crippen molar-refractivity contribution in [3.63, 3.8) is 0 Å². The molecule has 10 heteroatoms. The molecular weight excluding hydrogens is 655 g/mol. The van der Waals surface area contributed by atoms with Gasteiger partial charge >= 0.3 is 23.9 Å². The number of rotatable bonds is 17. The third kappa shape index (κ3) is 8.98. The van der Waals surface area contributed by atoms with Crippen LogP contribution in [-0.2, 0) is 28.7 Å². The van der Waals surface area contributed by atoms with Crippen molar-refractivity contribution in [2.75, 3.05) is 13.2 Å². The van der Waals surface area contributed by atoms with Crippen LogP contribution in [0.1, 0.15) is 103 Å². The Morgan fingerprint density at radius 1 is 0.667 bits per heavy atom. The smallest absolute Gasteiger partial charge is 0.321 e. The molecule has 3 aromatic rings. The van der Waals surface area contributed by atoms with Gasteiger partial charge in [-0.1, -0.05) is 62.8 Å². The van der Waals surface area contributed by atoms with E-state index in [-0.39, 0.29) is 24.4 Å². The lowest BCUT2D eigenvalue weighted by Crippen LogP contribution is -2.31. The standard InChI is InChI=1S/C41H41FO9/c42-28-14-12-27(13-15-28)36(43)20-11-26-9-16-29(17-10-26)48-21-7-5-3-1-2-4-6-8-22-49-30-18-19-31-32(34-25-37(44)50-39(34)45)24-35-38(33(31)23-30)41(47)51-40(35)46/h9-20,23,32,34-35,38H,1-8,21-22,24-25H2/b20-11+. The van der Waals surface area contributed by atoms with Crippen molar-refractivity contribution in [1.82, 2.24) is 0 Å². The van der Waals surface area contributed by atoms with Crippen molar-refractivity contribution in [2.45, 2.75) is 76.0 Å². The van der Waals surface area contributed by atoms with Crippen molar-refractivity contribution in [3.8, 4) is 11.5 Å². The van der Waals surface area contributed by atoms with Gasteiger partial charge in [0.15, 0.2) is 5.78 Å². The molecule has 0 aromatic heterocycles. The fraction of sp³-hybridized carbons (Fsp3) is 0.390. The van der Waals surface area contributed by atoms with E-state index in [0.29, 0.717) is 30.1 Å². The number of ketones is 1. The first-order valence-corrected chi connectivity index (χ1v) is 17.7. The van der Waals surface area contributed by atoms with Crippen molar-refractivity contribution >= 4 is 35.7 Å². The first-order valence-electron chi connectivity index (χ1n) is 17.7. The zero-order chi connectivity index (χ0) is 35.7. The van der Waals surface area contributed by atoms with Crippen LogP contribution in [0, 0.1) is 17.7 Å². The van der Waals surface area contributed by atoms with Crippen LogP contribution in [0.4, 0.5) is 4.39 Å². The Kier molecular flexibility index (Phi) is 11.7. The fourth-order valence-corrected chi connectivity index (χ4v) is 7.15. The van der Waals surface area contributed by atoms with E-state index in [0.717, 1.165) is 68.2 Å². The maximum Gasteiger partial charge on any atom is 0.321 e. The maximum absolute atomic E-state index is 13.1. The zero-order valence-corrected chi connectivity index (χ0v) is 28.4. The highest BCUT2D eigenvalue weighted by Crippen LogP contribution is 2.51. The van der Waals surface area contributed by atoms with Gasteiger partial charge in [0.2, 0.25) is 0 Å². The molecule has 3 aromatic carbocycles. The van der Waals surface area contributed by atoms with Gasteiger partial charge in [-0.2, -0.15) is 0 Å². The number of cyclic esters (lactones) is 4. The van der Waals surface area contributed by atoms with Gasteiger partial charge in [-0.3, -0.25) is 24.0 Å². The summed E-state index contributed by atoms with van der Waals surface area (Å²) in [6, 6.07) is 18.5. The van der Waals surface area contributed by atoms with Crippen LogP contribution in [0.3, 0.4) is 0 Å². The van der Waals surface area contributed by atoms with E-state index >= 15 is 0 Å². The first kappa shape index (κ1) is 35.7. The molecule has 4 unspecified atom stereocenters. The third-order valence-corrected chi connectivity index (χ3v) is 9.86. The maximum atomic E-state index is 13.1. The quantitative estimate of drug-likeness (QED) is 0.0460. The van der Waals surface area contributed by atoms with Crippen molar-refractivity contribution < 1.29 is 47.3 Å². The van der Waals surface area contributed by atoms with Crippen LogP contribution in [0.25, 0.3) is 6.08 Å². The van der Waals surface area contributed by atoms with E-state index in [1.165, 1.54) is 30.3 Å². The van der Waals surface area contributed by atoms with E-state index in [1.54, 1.807) is 12.1 Å². The van der Waals surface area contributed by atoms with Crippen molar-refractivity contribution in [1.29, 1.82) is 0 Å². The largest absolute Gasteiger partial charge is 0.494 e. The number of carbonyl (C=O) groups is 5. The summed E-state index contributed by atoms with van der Waals surface area (Å²) in [6.07, 6.45) is 11.9. The molecule has 2 fully saturated rings. The Balaban J connectivity index is 0.841. The van der Waals surface area contributed by atoms with Crippen LogP contribution in [-0.4, -0.2) is 42.9 Å². The van der Waals surface area contributed by atoms with Crippen LogP contribution < -0.4 is 9.47 Å². The summed E-state index contributed by atoms with van der Waals surface area (Å²) in [6.45, 7) is 1.16. The second-order valence-corrected chi connectivity index (χ2v) is 13.4. The number of benzene rings is 3. The molecular formula is C41H41FO9. The Morgan fingerprint density at radius 3 is 1.92 bits per heavy atom. The van der Waals surface area contributed by atoms with E-state index in [4.69, 9.17) is 18.9 Å². The number of hydrogen-bond acceptors (Lipinski definition) is 9. The lowest BCUT2D eigenvalue weighted by molar-refractivity contribution is -0.155. The number of carbonyl (C=O) groups excluding carboxylic acids is 5. The summed E-state index contributed by atoms with van der Waals surface area (Å²) in [7, 11) is 0. The fourth-order valence-electron chi connectivity index (χ4n) is 7.15. The average Bonchev–Trinajstić information content (AvgIpc) is 3.62. The minimum absolute atomic E-state index is 0.0420. The van der Waals surface area contributed by atoms with E-state index in [1.807, 2.05) is 36.4 Å². The molecule has 0 saturated carbocycles. The van der Waals surface area contributed by atoms with Crippen molar-refractivity contribution in [3.05, 3.63) is 101 Å². The molecule has 0 N–H and O–H groups in total. The number of esters is 4. The summed E-state index contributed by atoms with van der Waals surface area (Å²) in [5.41, 5.74) is 2.70. The summed E-state index contributed by atoms with van der Waals surface area (Å²) in [5.74, 6) is -4.04. The number of ether oxygens (including phenoxy) is 4. The summed E-state index contributed by atoms with van der Waals surface area (Å²) in [4.78, 5) is 61.4. The number of hydrogen-bond donors (Lipinski definition) is 0. The Morgan fingerprint density at radius 2 is 1.27 bits per heavy atom. The normalized spacial score (nSPS) is 21.0. The molecule has 2 saturated heterocycles. The molecule has 0 amide bonds. The zero-order valence-electron chi connectivity index (χ0n) is 28.4. The molecule has 9 nitrogen and oxygen atoms in total. The lowest BCUT2D eigenvalue weighted by Gasteiger charge is -2.33. The molecule has 2 aliphatic heterocycles. The van der Waals surface area contributed by atoms with E-state index in [9.17, 15) is 28.4 Å². The molecule has 0 spiro atoms. The number of halogens is 1. The Bertz CT molecular complexity index is 1780. The van der Waals surface area contributed by atoms with Crippen LogP contribution in [0.2, 0.25) is 0 Å². The number of allylic oxidation sites excluding steroid dienone is 1. The molecule has 4 atom stereocenters. The topological polar surface area (TPSA) is 122 Å². The molecule has 266 valence electrons. The molecule has 0 radical (unpaired) electrons. The Labute approximate surface area is 296 Å². The summed E-state index contributed by atoms with van der Waals surface area (Å²) < 4.78 is 34.7. The predicted molar refractivity (Wildman–Crippen MR) is 184 cm³/mol. The lowest BCUT2D eigenvalue weighted by atomic mass is 9.67. The third-order valence-electron chi connectivity index (χ3n) is 9.86. The second-order valence-electron chi connectivity index (χ2n) is 13.4. The predicted octanol–water partition coefficient (Wildman–Crippen LogP) is 7.66. The van der Waals surface area contributed by atoms with Gasteiger partial charge in [-0.05, 0) is 96.5 Å². The van der Waals surface area contributed by atoms with Gasteiger partial charge in [-0.25, -0.2) is 4.39 Å². The molecule has 1 aliphatic carbocycles. The van der Waals surface area contributed by atoms with E-state index < -0.39 is 47.5 Å². The van der Waals surface area contributed by atoms with Gasteiger partial charge in [0.25, 0.3) is 0 Å². The highest BCUT2D eigenvalue weighted by atomic mass is 19.1.